The third-order valence-electron chi connectivity index (χ3n) is 5.93. The molecule has 0 spiro atoms. The Kier molecular flexibility index (Phi) is 6.68. The molecule has 4 nitrogen and oxygen atoms in total. The van der Waals surface area contributed by atoms with Gasteiger partial charge in [-0.1, -0.05) is 78.9 Å². The Morgan fingerprint density at radius 3 is 1.69 bits per heavy atom. The Morgan fingerprint density at radius 2 is 1.06 bits per heavy atom. The zero-order valence-corrected chi connectivity index (χ0v) is 21.0. The van der Waals surface area contributed by atoms with Crippen LogP contribution in [0.5, 0.6) is 0 Å². The van der Waals surface area contributed by atoms with E-state index in [1.807, 2.05) is 42.6 Å². The molecule has 0 atom stereocenters. The largest absolute Gasteiger partial charge is 0.657 e. The summed E-state index contributed by atoms with van der Waals surface area (Å²) in [5.74, 6) is 0. The Hall–Kier alpha value is -3.83. The van der Waals surface area contributed by atoms with Crippen molar-refractivity contribution in [1.82, 2.24) is 9.97 Å². The molecule has 0 N–H and O–H groups in total. The number of anilines is 4. The van der Waals surface area contributed by atoms with Gasteiger partial charge in [-0.05, 0) is 47.2 Å². The normalized spacial score (nSPS) is 12.1. The zero-order valence-electron chi connectivity index (χ0n) is 18.8. The molecule has 1 aliphatic rings. The molecule has 4 aromatic carbocycles. The van der Waals surface area contributed by atoms with E-state index in [1.54, 1.807) is 6.20 Å². The molecule has 0 unspecified atom stereocenters. The molecule has 6 aromatic rings. The minimum Gasteiger partial charge on any atom is -0.657 e. The first-order valence-electron chi connectivity index (χ1n) is 11.3. The third-order valence-corrected chi connectivity index (χ3v) is 5.93. The van der Waals surface area contributed by atoms with Crippen LogP contribution in [-0.4, -0.2) is 4.98 Å². The topological polar surface area (TPSA) is 33.5 Å². The number of benzene rings is 4. The summed E-state index contributed by atoms with van der Waals surface area (Å²) >= 11 is 0. The molecule has 7 rings (SSSR count). The Labute approximate surface area is 220 Å². The van der Waals surface area contributed by atoms with E-state index >= 15 is 0 Å². The summed E-state index contributed by atoms with van der Waals surface area (Å²) in [7, 11) is 0. The fourth-order valence-electron chi connectivity index (χ4n) is 4.32. The van der Waals surface area contributed by atoms with Gasteiger partial charge in [-0.15, -0.1) is 17.7 Å². The summed E-state index contributed by atoms with van der Waals surface area (Å²) in [5.41, 5.74) is 6.81. The van der Waals surface area contributed by atoms with Crippen molar-refractivity contribution in [2.24, 2.45) is 0 Å². The Morgan fingerprint density at radius 1 is 0.543 bits per heavy atom. The molecule has 0 saturated carbocycles. The second-order valence-corrected chi connectivity index (χ2v) is 8.04. The summed E-state index contributed by atoms with van der Waals surface area (Å²) < 4.78 is 0. The fourth-order valence-corrected chi connectivity index (χ4v) is 4.32. The maximum absolute atomic E-state index is 4.48. The number of para-hydroxylation sites is 5. The van der Waals surface area contributed by atoms with Gasteiger partial charge in [-0.3, -0.25) is 4.98 Å². The van der Waals surface area contributed by atoms with E-state index < -0.39 is 0 Å². The maximum Gasteiger partial charge on any atom is 0.0345 e. The molecular formula is C30H22AuN4-2. The van der Waals surface area contributed by atoms with Gasteiger partial charge in [0.05, 0.1) is 0 Å². The predicted octanol–water partition coefficient (Wildman–Crippen LogP) is 7.44. The predicted molar refractivity (Wildman–Crippen MR) is 140 cm³/mol. The SMILES string of the molecule is [Au].c1ccc(N2[CH-]N(c3ccccc3)c3ccccc32)cc1.c1ccc2c(c1)[n-]c1ccncc12. The van der Waals surface area contributed by atoms with Crippen LogP contribution in [0.25, 0.3) is 21.8 Å². The van der Waals surface area contributed by atoms with E-state index in [0.717, 1.165) is 16.4 Å². The van der Waals surface area contributed by atoms with Gasteiger partial charge in [0.2, 0.25) is 0 Å². The molecule has 0 bridgehead atoms. The molecule has 0 aliphatic carbocycles. The second kappa shape index (κ2) is 10.2. The van der Waals surface area contributed by atoms with Crippen LogP contribution in [0.15, 0.2) is 128 Å². The van der Waals surface area contributed by atoms with Crippen LogP contribution in [0.2, 0.25) is 0 Å². The van der Waals surface area contributed by atoms with E-state index in [-0.39, 0.29) is 22.4 Å². The van der Waals surface area contributed by atoms with Gasteiger partial charge >= 0.3 is 0 Å². The van der Waals surface area contributed by atoms with Gasteiger partial charge in [-0.2, -0.15) is 0 Å². The molecule has 0 saturated heterocycles. The van der Waals surface area contributed by atoms with Crippen molar-refractivity contribution in [3.8, 4) is 0 Å². The average Bonchev–Trinajstić information content (AvgIpc) is 3.49. The van der Waals surface area contributed by atoms with Crippen LogP contribution in [0.3, 0.4) is 0 Å². The summed E-state index contributed by atoms with van der Waals surface area (Å²) in [4.78, 5) is 13.0. The quantitative estimate of drug-likeness (QED) is 0.146. The standard InChI is InChI=1S/C19H15N2.C11H7N2.Au/c1-3-9-16(10-4-1)20-15-21(17-11-5-2-6-12-17)19-14-8-7-13-18(19)20;1-2-4-10-8(3-1)9-7-12-6-5-11(9)13-10;/h1-15H;1-7H;/q2*-1;. The average molecular weight is 636 g/mol. The first kappa shape index (κ1) is 22.9. The van der Waals surface area contributed by atoms with E-state index in [4.69, 9.17) is 0 Å². The molecule has 175 valence electrons. The fraction of sp³-hybridized carbons (Fsp3) is 0. The van der Waals surface area contributed by atoms with Crippen molar-refractivity contribution < 1.29 is 22.4 Å². The number of hydrogen-bond donors (Lipinski definition) is 0. The monoisotopic (exact) mass is 635 g/mol. The molecule has 3 heterocycles. The van der Waals surface area contributed by atoms with E-state index in [9.17, 15) is 0 Å². The molecule has 35 heavy (non-hydrogen) atoms. The van der Waals surface area contributed by atoms with E-state index in [0.29, 0.717) is 0 Å². The van der Waals surface area contributed by atoms with Crippen LogP contribution in [-0.2, 0) is 22.4 Å². The van der Waals surface area contributed by atoms with Crippen LogP contribution < -0.4 is 14.8 Å². The summed E-state index contributed by atoms with van der Waals surface area (Å²) in [6.45, 7) is 2.15. The third kappa shape index (κ3) is 4.47. The van der Waals surface area contributed by atoms with Crippen LogP contribution in [0.4, 0.5) is 22.7 Å². The van der Waals surface area contributed by atoms with E-state index in [2.05, 4.69) is 105 Å². The van der Waals surface area contributed by atoms with Gasteiger partial charge in [-0.25, -0.2) is 0 Å². The number of hydrogen-bond acceptors (Lipinski definition) is 3. The van der Waals surface area contributed by atoms with Gasteiger partial charge < -0.3 is 14.8 Å². The van der Waals surface area contributed by atoms with Crippen LogP contribution >= 0.6 is 0 Å². The van der Waals surface area contributed by atoms with Crippen molar-refractivity contribution >= 4 is 44.6 Å². The number of nitrogens with zero attached hydrogens (tertiary/aromatic N) is 4. The summed E-state index contributed by atoms with van der Waals surface area (Å²) in [6, 6.07) is 39.4. The molecular weight excluding hydrogens is 613 g/mol. The van der Waals surface area contributed by atoms with Crippen molar-refractivity contribution in [2.45, 2.75) is 0 Å². The zero-order chi connectivity index (χ0) is 22.7. The Bertz CT molecular complexity index is 1430. The smallest absolute Gasteiger partial charge is 0.0345 e. The molecule has 2 aromatic heterocycles. The van der Waals surface area contributed by atoms with Crippen molar-refractivity contribution in [1.29, 1.82) is 0 Å². The second-order valence-electron chi connectivity index (χ2n) is 8.04. The minimum absolute atomic E-state index is 0. The molecule has 0 fully saturated rings. The first-order chi connectivity index (χ1) is 16.9. The Balaban J connectivity index is 0.000000156. The summed E-state index contributed by atoms with van der Waals surface area (Å²) in [5, 5.41) is 2.32. The molecule has 0 amide bonds. The van der Waals surface area contributed by atoms with Gasteiger partial charge in [0.25, 0.3) is 0 Å². The minimum atomic E-state index is 0. The number of rotatable bonds is 2. The molecule has 5 heteroatoms. The van der Waals surface area contributed by atoms with E-state index in [1.165, 1.54) is 28.1 Å². The van der Waals surface area contributed by atoms with Gasteiger partial charge in [0.15, 0.2) is 0 Å². The maximum atomic E-state index is 4.48. The number of fused-ring (bicyclic) bond motifs is 4. The van der Waals surface area contributed by atoms with Crippen molar-refractivity contribution in [3.05, 3.63) is 134 Å². The van der Waals surface area contributed by atoms with Crippen LogP contribution in [0, 0.1) is 6.67 Å². The van der Waals surface area contributed by atoms with Crippen molar-refractivity contribution in [2.75, 3.05) is 9.80 Å². The summed E-state index contributed by atoms with van der Waals surface area (Å²) in [6.07, 6.45) is 3.64. The van der Waals surface area contributed by atoms with Crippen molar-refractivity contribution in [3.63, 3.8) is 0 Å². The number of pyridine rings is 1. The van der Waals surface area contributed by atoms with Gasteiger partial charge in [0, 0.05) is 57.5 Å². The van der Waals surface area contributed by atoms with Crippen LogP contribution in [0.1, 0.15) is 0 Å². The first-order valence-corrected chi connectivity index (χ1v) is 11.3. The molecule has 1 radical (unpaired) electrons. The number of aromatic nitrogens is 2. The molecule has 1 aliphatic heterocycles. The van der Waals surface area contributed by atoms with Gasteiger partial charge in [0.1, 0.15) is 0 Å².